The first-order valence-electron chi connectivity index (χ1n) is 28.2. The standard InChI is InChI=1S/C76H44N2O5S/c1-4-16-49(17-5-1)75(50-18-6-2-7-19-50)57-24-12-10-22-53(57)55-41-69-71(43-59(55)75)82-67-40-48(31-36-65(67)80-69)74-78-62-38-46(32-37-72(62)84-74)45-28-33-52(34-29-45)76(51-20-8-3-9-21-51)58-25-13-11-23-54(58)56-42-68-70(44-60(56)76)81-66-39-47(30-35-64(66)79-68)73-77-61-26-14-15-27-63(61)83-73/h1-44H. The lowest BCUT2D eigenvalue weighted by Gasteiger charge is -2.34. The maximum Gasteiger partial charge on any atom is 0.227 e. The van der Waals surface area contributed by atoms with Gasteiger partial charge in [0.25, 0.3) is 0 Å². The van der Waals surface area contributed by atoms with Crippen LogP contribution in [0.4, 0.5) is 0 Å². The lowest BCUT2D eigenvalue weighted by Crippen LogP contribution is -2.28. The van der Waals surface area contributed by atoms with Gasteiger partial charge < -0.3 is 23.4 Å². The van der Waals surface area contributed by atoms with E-state index in [9.17, 15) is 0 Å². The van der Waals surface area contributed by atoms with Crippen LogP contribution in [-0.4, -0.2) is 9.97 Å². The lowest BCUT2D eigenvalue weighted by molar-refractivity contribution is 0.359. The van der Waals surface area contributed by atoms with Crippen molar-refractivity contribution < 1.29 is 23.4 Å². The average Bonchev–Trinajstić information content (AvgIpc) is 1.61. The zero-order valence-corrected chi connectivity index (χ0v) is 45.6. The minimum absolute atomic E-state index is 0.523. The van der Waals surface area contributed by atoms with Crippen LogP contribution in [0, 0.1) is 0 Å². The van der Waals surface area contributed by atoms with E-state index >= 15 is 0 Å². The molecule has 0 radical (unpaired) electrons. The number of oxazole rings is 1. The fourth-order valence-corrected chi connectivity index (χ4v) is 14.7. The number of ether oxygens (including phenoxy) is 4. The van der Waals surface area contributed by atoms with Gasteiger partial charge in [-0.3, -0.25) is 0 Å². The van der Waals surface area contributed by atoms with Crippen molar-refractivity contribution in [2.75, 3.05) is 0 Å². The van der Waals surface area contributed by atoms with Crippen LogP contribution in [0.15, 0.2) is 271 Å². The first kappa shape index (κ1) is 46.9. The van der Waals surface area contributed by atoms with Crippen LogP contribution in [0.2, 0.25) is 0 Å². The Morgan fingerprint density at radius 1 is 0.286 bits per heavy atom. The summed E-state index contributed by atoms with van der Waals surface area (Å²) in [4.78, 5) is 10.0. The summed E-state index contributed by atoms with van der Waals surface area (Å²) in [5, 5.41) is 0.901. The van der Waals surface area contributed by atoms with E-state index in [1.54, 1.807) is 11.3 Å². The maximum absolute atomic E-state index is 6.90. The molecule has 2 aromatic heterocycles. The molecule has 0 spiro atoms. The summed E-state index contributed by atoms with van der Waals surface area (Å²) in [5.41, 5.74) is 19.1. The largest absolute Gasteiger partial charge is 0.449 e. The number of nitrogens with zero attached hydrogens (tertiary/aromatic N) is 2. The Morgan fingerprint density at radius 2 is 0.738 bits per heavy atom. The molecule has 394 valence electrons. The third kappa shape index (κ3) is 6.80. The van der Waals surface area contributed by atoms with Gasteiger partial charge in [0.15, 0.2) is 51.6 Å². The van der Waals surface area contributed by atoms with Gasteiger partial charge in [-0.05, 0) is 163 Å². The van der Waals surface area contributed by atoms with Crippen molar-refractivity contribution in [3.63, 3.8) is 0 Å². The molecule has 0 N–H and O–H groups in total. The van der Waals surface area contributed by atoms with Crippen molar-refractivity contribution in [3.05, 3.63) is 311 Å². The molecule has 0 bridgehead atoms. The van der Waals surface area contributed by atoms with Crippen molar-refractivity contribution in [2.45, 2.75) is 10.8 Å². The number of thiazole rings is 1. The number of para-hydroxylation sites is 2. The van der Waals surface area contributed by atoms with Crippen LogP contribution in [0.25, 0.3) is 76.7 Å². The van der Waals surface area contributed by atoms with Gasteiger partial charge in [0.1, 0.15) is 10.5 Å². The molecule has 84 heavy (non-hydrogen) atoms. The SMILES string of the molecule is c1ccc(C2(c3ccc(-c4ccc5sc(-c6ccc7c(c6)Oc6cc8c(cc6O7)-c6ccccc6C8(c6ccccc6)c6ccccc6)nc5c4)cc3)c3ccccc3-c3cc4c(cc32)Oc2cc(-c3nc5ccccc5o3)ccc2O4)cc1. The van der Waals surface area contributed by atoms with Crippen molar-refractivity contribution in [2.24, 2.45) is 0 Å². The third-order valence-corrected chi connectivity index (χ3v) is 18.5. The third-order valence-electron chi connectivity index (χ3n) is 17.4. The summed E-state index contributed by atoms with van der Waals surface area (Å²) in [6, 6.07) is 94.0. The van der Waals surface area contributed by atoms with E-state index in [-0.39, 0.29) is 0 Å². The molecule has 0 saturated carbocycles. The quantitative estimate of drug-likeness (QED) is 0.157. The summed E-state index contributed by atoms with van der Waals surface area (Å²) in [5.74, 6) is 5.74. The van der Waals surface area contributed by atoms with Crippen LogP contribution < -0.4 is 18.9 Å². The minimum atomic E-state index is -0.676. The Kier molecular flexibility index (Phi) is 9.97. The summed E-state index contributed by atoms with van der Waals surface area (Å²) >= 11 is 1.67. The summed E-state index contributed by atoms with van der Waals surface area (Å²) in [7, 11) is 0. The normalized spacial score (nSPS) is 15.2. The Bertz CT molecular complexity index is 4960. The second-order valence-corrected chi connectivity index (χ2v) is 22.9. The highest BCUT2D eigenvalue weighted by molar-refractivity contribution is 7.21. The molecule has 4 aliphatic rings. The fraction of sp³-hybridized carbons (Fsp3) is 0.0263. The van der Waals surface area contributed by atoms with Crippen molar-refractivity contribution in [1.82, 2.24) is 9.97 Å². The molecule has 18 rings (SSSR count). The summed E-state index contributed by atoms with van der Waals surface area (Å²) in [6.45, 7) is 0. The topological polar surface area (TPSA) is 75.8 Å². The van der Waals surface area contributed by atoms with Gasteiger partial charge in [0.05, 0.1) is 21.0 Å². The molecule has 1 atom stereocenters. The molecule has 2 aliphatic heterocycles. The predicted octanol–water partition coefficient (Wildman–Crippen LogP) is 20.0. The molecule has 0 fully saturated rings. The smallest absolute Gasteiger partial charge is 0.227 e. The highest BCUT2D eigenvalue weighted by Gasteiger charge is 2.49. The van der Waals surface area contributed by atoms with Gasteiger partial charge in [0.2, 0.25) is 5.89 Å². The van der Waals surface area contributed by atoms with E-state index in [2.05, 4.69) is 218 Å². The van der Waals surface area contributed by atoms with E-state index in [1.807, 2.05) is 48.5 Å². The van der Waals surface area contributed by atoms with Crippen molar-refractivity contribution in [3.8, 4) is 101 Å². The first-order chi connectivity index (χ1) is 41.5. The van der Waals surface area contributed by atoms with Crippen LogP contribution in [0.3, 0.4) is 0 Å². The molecule has 8 heteroatoms. The monoisotopic (exact) mass is 1100 g/mol. The minimum Gasteiger partial charge on any atom is -0.449 e. The number of fused-ring (bicyclic) bond motifs is 12. The molecular weight excluding hydrogens is 1050 g/mol. The lowest BCUT2D eigenvalue weighted by atomic mass is 9.67. The zero-order chi connectivity index (χ0) is 55.1. The van der Waals surface area contributed by atoms with Crippen LogP contribution >= 0.6 is 11.3 Å². The van der Waals surface area contributed by atoms with Gasteiger partial charge in [-0.15, -0.1) is 11.3 Å². The second kappa shape index (κ2) is 17.8. The second-order valence-electron chi connectivity index (χ2n) is 21.9. The number of hydrogen-bond acceptors (Lipinski definition) is 8. The Balaban J connectivity index is 0.674. The highest BCUT2D eigenvalue weighted by atomic mass is 32.1. The Labute approximate surface area is 486 Å². The molecule has 7 nitrogen and oxygen atoms in total. The molecule has 1 unspecified atom stereocenters. The summed E-state index contributed by atoms with van der Waals surface area (Å²) in [6.07, 6.45) is 0. The van der Waals surface area contributed by atoms with E-state index in [4.69, 9.17) is 33.3 Å². The van der Waals surface area contributed by atoms with Crippen molar-refractivity contribution >= 4 is 32.7 Å². The number of aromatic nitrogens is 2. The fourth-order valence-electron chi connectivity index (χ4n) is 13.8. The zero-order valence-electron chi connectivity index (χ0n) is 44.7. The van der Waals surface area contributed by atoms with E-state index in [1.165, 1.54) is 27.8 Å². The van der Waals surface area contributed by atoms with Crippen LogP contribution in [-0.2, 0) is 10.8 Å². The van der Waals surface area contributed by atoms with Crippen molar-refractivity contribution in [1.29, 1.82) is 0 Å². The number of rotatable bonds is 7. The van der Waals surface area contributed by atoms with Crippen LogP contribution in [0.5, 0.6) is 46.0 Å². The predicted molar refractivity (Wildman–Crippen MR) is 331 cm³/mol. The maximum atomic E-state index is 6.90. The van der Waals surface area contributed by atoms with E-state index < -0.39 is 10.8 Å². The van der Waals surface area contributed by atoms with Gasteiger partial charge >= 0.3 is 0 Å². The number of hydrogen-bond donors (Lipinski definition) is 0. The summed E-state index contributed by atoms with van der Waals surface area (Å²) < 4.78 is 34.4. The van der Waals surface area contributed by atoms with Gasteiger partial charge in [-0.25, -0.2) is 9.97 Å². The van der Waals surface area contributed by atoms with E-state index in [0.29, 0.717) is 51.9 Å². The molecule has 2 aliphatic carbocycles. The van der Waals surface area contributed by atoms with E-state index in [0.717, 1.165) is 87.5 Å². The molecule has 14 aromatic rings. The molecule has 0 amide bonds. The molecule has 12 aromatic carbocycles. The Morgan fingerprint density at radius 3 is 1.32 bits per heavy atom. The van der Waals surface area contributed by atoms with Gasteiger partial charge in [-0.1, -0.05) is 182 Å². The average molecular weight is 1100 g/mol. The number of benzene rings is 12. The highest BCUT2D eigenvalue weighted by Crippen LogP contribution is 2.62. The van der Waals surface area contributed by atoms with Crippen LogP contribution in [0.1, 0.15) is 44.5 Å². The van der Waals surface area contributed by atoms with Gasteiger partial charge in [0, 0.05) is 11.1 Å². The van der Waals surface area contributed by atoms with Gasteiger partial charge in [-0.2, -0.15) is 0 Å². The molecule has 4 heterocycles. The molecular formula is C76H44N2O5S. The Hall–Kier alpha value is -10.8. The first-order valence-corrected chi connectivity index (χ1v) is 29.0. The molecule has 0 saturated heterocycles.